The summed E-state index contributed by atoms with van der Waals surface area (Å²) in [4.78, 5) is 0. The van der Waals surface area contributed by atoms with Crippen molar-refractivity contribution in [2.45, 2.75) is 84.7 Å². The average Bonchev–Trinajstić information content (AvgIpc) is 2.97. The Balaban J connectivity index is 1.44. The lowest BCUT2D eigenvalue weighted by Crippen LogP contribution is -2.49. The Morgan fingerprint density at radius 3 is 2.56 bits per heavy atom. The molecule has 0 radical (unpaired) electrons. The minimum Gasteiger partial charge on any atom is -0.393 e. The quantitative estimate of drug-likeness (QED) is 0.748. The van der Waals surface area contributed by atoms with E-state index in [9.17, 15) is 5.11 Å². The third kappa shape index (κ3) is 3.10. The van der Waals surface area contributed by atoms with Gasteiger partial charge >= 0.3 is 0 Å². The molecule has 2 nitrogen and oxygen atoms in total. The second-order valence-electron chi connectivity index (χ2n) is 10.2. The lowest BCUT2D eigenvalue weighted by Gasteiger charge is -2.56. The fourth-order valence-electron chi connectivity index (χ4n) is 8.22. The first kappa shape index (κ1) is 18.3. The van der Waals surface area contributed by atoms with Gasteiger partial charge in [-0.3, -0.25) is 0 Å². The van der Waals surface area contributed by atoms with Gasteiger partial charge < -0.3 is 9.84 Å². The zero-order chi connectivity index (χ0) is 17.6. The number of ether oxygens (including phenoxy) is 1. The molecule has 25 heavy (non-hydrogen) atoms. The van der Waals surface area contributed by atoms with E-state index in [1.54, 1.807) is 0 Å². The van der Waals surface area contributed by atoms with Gasteiger partial charge in [-0.15, -0.1) is 0 Å². The highest BCUT2D eigenvalue weighted by Crippen LogP contribution is 2.64. The summed E-state index contributed by atoms with van der Waals surface area (Å²) in [5.41, 5.74) is 0.425. The molecule has 0 aromatic rings. The standard InChI is InChI=1S/C23H40O2/c1-4-25-14-16-5-7-18-17(13-16)6-8-20-19(18)11-12-23(3)21(15(2)24)9-10-22(20)23/h15-22,24H,4-14H2,1-3H3/t15-,16+,17-,18+,19-,20-,21-,22+,23-/m1/s1. The van der Waals surface area contributed by atoms with E-state index >= 15 is 0 Å². The number of fused-ring (bicyclic) bond motifs is 5. The van der Waals surface area contributed by atoms with Crippen molar-refractivity contribution in [1.29, 1.82) is 0 Å². The molecule has 144 valence electrons. The SMILES string of the molecule is CCOC[C@H]1CC[C@H]2[C@H](CC[C@@H]3[C@@H]2CC[C@]2(C)[C@@H]([C@@H](C)O)CC[C@@H]32)C1. The lowest BCUT2D eigenvalue weighted by molar-refractivity contribution is -0.0852. The second kappa shape index (κ2) is 7.15. The summed E-state index contributed by atoms with van der Waals surface area (Å²) < 4.78 is 5.74. The molecule has 4 rings (SSSR count). The summed E-state index contributed by atoms with van der Waals surface area (Å²) >= 11 is 0. The van der Waals surface area contributed by atoms with Gasteiger partial charge in [0.1, 0.15) is 0 Å². The van der Waals surface area contributed by atoms with Gasteiger partial charge in [0.15, 0.2) is 0 Å². The maximum Gasteiger partial charge on any atom is 0.0545 e. The number of hydrogen-bond acceptors (Lipinski definition) is 2. The topological polar surface area (TPSA) is 29.5 Å². The van der Waals surface area contributed by atoms with Crippen LogP contribution in [0.2, 0.25) is 0 Å². The van der Waals surface area contributed by atoms with Crippen LogP contribution in [0, 0.1) is 46.8 Å². The first-order valence-corrected chi connectivity index (χ1v) is 11.3. The van der Waals surface area contributed by atoms with Crippen molar-refractivity contribution in [3.8, 4) is 0 Å². The van der Waals surface area contributed by atoms with Crippen molar-refractivity contribution in [3.63, 3.8) is 0 Å². The Hall–Kier alpha value is -0.0800. The van der Waals surface area contributed by atoms with Crippen LogP contribution < -0.4 is 0 Å². The van der Waals surface area contributed by atoms with Gasteiger partial charge in [-0.25, -0.2) is 0 Å². The van der Waals surface area contributed by atoms with Crippen molar-refractivity contribution in [2.75, 3.05) is 13.2 Å². The average molecular weight is 349 g/mol. The summed E-state index contributed by atoms with van der Waals surface area (Å²) in [7, 11) is 0. The molecule has 1 N–H and O–H groups in total. The van der Waals surface area contributed by atoms with E-state index in [0.717, 1.165) is 48.7 Å². The lowest BCUT2D eigenvalue weighted by atomic mass is 9.49. The Bertz CT molecular complexity index is 461. The highest BCUT2D eigenvalue weighted by atomic mass is 16.5. The molecule has 0 amide bonds. The predicted molar refractivity (Wildman–Crippen MR) is 102 cm³/mol. The van der Waals surface area contributed by atoms with Gasteiger partial charge in [-0.2, -0.15) is 0 Å². The Morgan fingerprint density at radius 1 is 1.00 bits per heavy atom. The summed E-state index contributed by atoms with van der Waals surface area (Å²) in [5.74, 6) is 6.24. The molecule has 4 aliphatic carbocycles. The molecule has 2 heteroatoms. The highest BCUT2D eigenvalue weighted by Gasteiger charge is 2.57. The third-order valence-electron chi connectivity index (χ3n) is 9.28. The molecule has 4 aliphatic rings. The Kier molecular flexibility index (Phi) is 5.23. The number of hydrogen-bond donors (Lipinski definition) is 1. The summed E-state index contributed by atoms with van der Waals surface area (Å²) in [6.07, 6.45) is 12.6. The maximum absolute atomic E-state index is 10.3. The van der Waals surface area contributed by atoms with Crippen molar-refractivity contribution in [3.05, 3.63) is 0 Å². The molecular weight excluding hydrogens is 308 g/mol. The first-order valence-electron chi connectivity index (χ1n) is 11.3. The van der Waals surface area contributed by atoms with Crippen LogP contribution in [0.5, 0.6) is 0 Å². The minimum atomic E-state index is -0.114. The summed E-state index contributed by atoms with van der Waals surface area (Å²) in [6, 6.07) is 0. The van der Waals surface area contributed by atoms with E-state index in [-0.39, 0.29) is 6.10 Å². The fraction of sp³-hybridized carbons (Fsp3) is 1.00. The molecular formula is C23H40O2. The number of aliphatic hydroxyl groups excluding tert-OH is 1. The van der Waals surface area contributed by atoms with Crippen LogP contribution in [0.4, 0.5) is 0 Å². The third-order valence-corrected chi connectivity index (χ3v) is 9.28. The Morgan fingerprint density at radius 2 is 1.80 bits per heavy atom. The van der Waals surface area contributed by atoms with Crippen molar-refractivity contribution in [2.24, 2.45) is 46.8 Å². The van der Waals surface area contributed by atoms with Crippen molar-refractivity contribution in [1.82, 2.24) is 0 Å². The van der Waals surface area contributed by atoms with Crippen LogP contribution in [0.1, 0.15) is 78.6 Å². The van der Waals surface area contributed by atoms with E-state index in [1.165, 1.54) is 57.8 Å². The monoisotopic (exact) mass is 348 g/mol. The van der Waals surface area contributed by atoms with Crippen LogP contribution in [-0.2, 0) is 4.74 Å². The molecule has 9 atom stereocenters. The van der Waals surface area contributed by atoms with Gasteiger partial charge in [0, 0.05) is 13.2 Å². The molecule has 0 aromatic carbocycles. The molecule has 4 saturated carbocycles. The van der Waals surface area contributed by atoms with Gasteiger partial charge in [0.25, 0.3) is 0 Å². The number of rotatable bonds is 4. The van der Waals surface area contributed by atoms with E-state index in [4.69, 9.17) is 4.74 Å². The molecule has 0 spiro atoms. The van der Waals surface area contributed by atoms with E-state index < -0.39 is 0 Å². The fourth-order valence-corrected chi connectivity index (χ4v) is 8.22. The minimum absolute atomic E-state index is 0.114. The molecule has 4 fully saturated rings. The van der Waals surface area contributed by atoms with E-state index in [1.807, 2.05) is 6.92 Å². The zero-order valence-electron chi connectivity index (χ0n) is 16.8. The van der Waals surface area contributed by atoms with Crippen LogP contribution >= 0.6 is 0 Å². The van der Waals surface area contributed by atoms with Gasteiger partial charge in [0.05, 0.1) is 6.10 Å². The smallest absolute Gasteiger partial charge is 0.0545 e. The molecule has 0 aromatic heterocycles. The van der Waals surface area contributed by atoms with Crippen LogP contribution in [0.15, 0.2) is 0 Å². The Labute approximate surface area is 155 Å². The largest absolute Gasteiger partial charge is 0.393 e. The maximum atomic E-state index is 10.3. The second-order valence-corrected chi connectivity index (χ2v) is 10.2. The van der Waals surface area contributed by atoms with E-state index in [2.05, 4.69) is 13.8 Å². The summed E-state index contributed by atoms with van der Waals surface area (Å²) in [5, 5.41) is 10.3. The molecule has 0 saturated heterocycles. The molecule has 0 aliphatic heterocycles. The highest BCUT2D eigenvalue weighted by molar-refractivity contribution is 5.06. The molecule has 0 heterocycles. The van der Waals surface area contributed by atoms with Crippen molar-refractivity contribution < 1.29 is 9.84 Å². The van der Waals surface area contributed by atoms with Crippen LogP contribution in [0.3, 0.4) is 0 Å². The van der Waals surface area contributed by atoms with Gasteiger partial charge in [0.2, 0.25) is 0 Å². The number of aliphatic hydroxyl groups is 1. The van der Waals surface area contributed by atoms with Gasteiger partial charge in [-0.1, -0.05) is 6.92 Å². The normalized spacial score (nSPS) is 50.6. The molecule has 0 unspecified atom stereocenters. The summed E-state index contributed by atoms with van der Waals surface area (Å²) in [6.45, 7) is 8.58. The van der Waals surface area contributed by atoms with Gasteiger partial charge in [-0.05, 0) is 118 Å². The van der Waals surface area contributed by atoms with Crippen LogP contribution in [0.25, 0.3) is 0 Å². The molecule has 0 bridgehead atoms. The first-order chi connectivity index (χ1) is 12.0. The zero-order valence-corrected chi connectivity index (χ0v) is 16.8. The van der Waals surface area contributed by atoms with Crippen LogP contribution in [-0.4, -0.2) is 24.4 Å². The van der Waals surface area contributed by atoms with E-state index in [0.29, 0.717) is 11.3 Å². The van der Waals surface area contributed by atoms with Crippen molar-refractivity contribution >= 4 is 0 Å². The predicted octanol–water partition coefficient (Wildman–Crippen LogP) is 5.29.